The van der Waals surface area contributed by atoms with E-state index in [1.54, 1.807) is 31.2 Å². The molecule has 3 rings (SSSR count). The summed E-state index contributed by atoms with van der Waals surface area (Å²) in [5.74, 6) is -0.502. The van der Waals surface area contributed by atoms with Gasteiger partial charge in [-0.2, -0.15) is 0 Å². The van der Waals surface area contributed by atoms with Crippen LogP contribution in [-0.4, -0.2) is 44.9 Å². The number of aliphatic hydroxyl groups is 1. The molecule has 0 aromatic heterocycles. The predicted molar refractivity (Wildman–Crippen MR) is 113 cm³/mol. The van der Waals surface area contributed by atoms with Crippen molar-refractivity contribution in [3.63, 3.8) is 0 Å². The Bertz CT molecular complexity index is 872. The van der Waals surface area contributed by atoms with Crippen LogP contribution in [0.1, 0.15) is 13.3 Å². The normalized spacial score (nSPS) is 19.1. The van der Waals surface area contributed by atoms with Crippen LogP contribution in [0, 0.1) is 0 Å². The van der Waals surface area contributed by atoms with Gasteiger partial charge < -0.3 is 10.4 Å². The van der Waals surface area contributed by atoms with Crippen LogP contribution in [0.3, 0.4) is 0 Å². The van der Waals surface area contributed by atoms with Gasteiger partial charge in [-0.05, 0) is 43.3 Å². The molecule has 0 spiro atoms. The van der Waals surface area contributed by atoms with Gasteiger partial charge >= 0.3 is 0 Å². The van der Waals surface area contributed by atoms with Crippen molar-refractivity contribution >= 4 is 51.7 Å². The van der Waals surface area contributed by atoms with Crippen LogP contribution in [0.2, 0.25) is 5.02 Å². The topological polar surface area (TPSA) is 82.0 Å². The largest absolute Gasteiger partial charge is 0.392 e. The molecule has 0 saturated carbocycles. The average Bonchev–Trinajstić information content (AvgIpc) is 2.93. The standard InChI is InChI=1S/C20H20ClN3O3S/c1-13(25)12-24-19(27)17(28-20(24)23-15-5-3-2-4-6-15)11-18(26)22-16-9-7-14(21)8-10-16/h2-10,13,17,25H,11-12H2,1H3,(H,22,26)/t13-,17+/m1/s1. The number of hydrogen-bond acceptors (Lipinski definition) is 5. The third kappa shape index (κ3) is 5.34. The number of hydrogen-bond donors (Lipinski definition) is 2. The van der Waals surface area contributed by atoms with E-state index < -0.39 is 11.4 Å². The maximum absolute atomic E-state index is 12.8. The number of β-amino-alcohol motifs (C(OH)–C–C–N with tert-alkyl or cyclic N) is 1. The monoisotopic (exact) mass is 417 g/mol. The van der Waals surface area contributed by atoms with Gasteiger partial charge in [-0.25, -0.2) is 4.99 Å². The first-order chi connectivity index (χ1) is 13.4. The van der Waals surface area contributed by atoms with Crippen molar-refractivity contribution in [2.24, 2.45) is 4.99 Å². The molecule has 8 heteroatoms. The number of rotatable bonds is 6. The van der Waals surface area contributed by atoms with Gasteiger partial charge in [-0.3, -0.25) is 14.5 Å². The number of halogens is 1. The van der Waals surface area contributed by atoms with Gasteiger partial charge in [0.2, 0.25) is 11.8 Å². The highest BCUT2D eigenvalue weighted by molar-refractivity contribution is 8.15. The van der Waals surface area contributed by atoms with Crippen molar-refractivity contribution in [3.05, 3.63) is 59.6 Å². The Balaban J connectivity index is 1.72. The molecule has 28 heavy (non-hydrogen) atoms. The van der Waals surface area contributed by atoms with E-state index >= 15 is 0 Å². The summed E-state index contributed by atoms with van der Waals surface area (Å²) in [5, 5.41) is 13.0. The van der Waals surface area contributed by atoms with E-state index in [0.717, 1.165) is 0 Å². The number of para-hydroxylation sites is 1. The second kappa shape index (κ2) is 9.23. The number of anilines is 1. The fourth-order valence-corrected chi connectivity index (χ4v) is 3.98. The Morgan fingerprint density at radius 3 is 2.57 bits per heavy atom. The number of amides is 2. The summed E-state index contributed by atoms with van der Waals surface area (Å²) in [7, 11) is 0. The highest BCUT2D eigenvalue weighted by atomic mass is 35.5. The Morgan fingerprint density at radius 2 is 1.93 bits per heavy atom. The van der Waals surface area contributed by atoms with Crippen LogP contribution in [0.25, 0.3) is 0 Å². The number of aliphatic imine (C=N–C) groups is 1. The summed E-state index contributed by atoms with van der Waals surface area (Å²) in [6.07, 6.45) is -0.692. The van der Waals surface area contributed by atoms with E-state index in [0.29, 0.717) is 21.6 Å². The first-order valence-electron chi connectivity index (χ1n) is 8.77. The molecule has 146 valence electrons. The molecule has 2 N–H and O–H groups in total. The lowest BCUT2D eigenvalue weighted by Crippen LogP contribution is -2.38. The Labute approximate surface area is 172 Å². The molecule has 1 fully saturated rings. The zero-order valence-corrected chi connectivity index (χ0v) is 16.8. The van der Waals surface area contributed by atoms with Crippen molar-refractivity contribution < 1.29 is 14.7 Å². The highest BCUT2D eigenvalue weighted by Gasteiger charge is 2.39. The van der Waals surface area contributed by atoms with Crippen molar-refractivity contribution in [3.8, 4) is 0 Å². The van der Waals surface area contributed by atoms with Crippen LogP contribution < -0.4 is 5.32 Å². The van der Waals surface area contributed by atoms with E-state index in [2.05, 4.69) is 10.3 Å². The molecule has 0 bridgehead atoms. The van der Waals surface area contributed by atoms with Crippen LogP contribution >= 0.6 is 23.4 Å². The second-order valence-electron chi connectivity index (χ2n) is 6.39. The molecule has 1 heterocycles. The number of carbonyl (C=O) groups is 2. The fraction of sp³-hybridized carbons (Fsp3) is 0.250. The minimum Gasteiger partial charge on any atom is -0.392 e. The lowest BCUT2D eigenvalue weighted by molar-refractivity contribution is -0.128. The van der Waals surface area contributed by atoms with E-state index in [1.165, 1.54) is 16.7 Å². The molecule has 6 nitrogen and oxygen atoms in total. The van der Waals surface area contributed by atoms with E-state index in [1.807, 2.05) is 30.3 Å². The molecule has 0 unspecified atom stereocenters. The predicted octanol–water partition coefficient (Wildman–Crippen LogP) is 3.68. The SMILES string of the molecule is C[C@@H](O)CN1C(=O)[C@H](CC(=O)Nc2ccc(Cl)cc2)SC1=Nc1ccccc1. The third-order valence-corrected chi connectivity index (χ3v) is 5.37. The van der Waals surface area contributed by atoms with Crippen LogP contribution in [0.4, 0.5) is 11.4 Å². The van der Waals surface area contributed by atoms with Crippen LogP contribution in [-0.2, 0) is 9.59 Å². The van der Waals surface area contributed by atoms with Crippen LogP contribution in [0.15, 0.2) is 59.6 Å². The van der Waals surface area contributed by atoms with E-state index in [-0.39, 0.29) is 24.8 Å². The molecular weight excluding hydrogens is 398 g/mol. The van der Waals surface area contributed by atoms with Gasteiger partial charge in [0.15, 0.2) is 5.17 Å². The number of nitrogens with zero attached hydrogens (tertiary/aromatic N) is 2. The molecule has 2 atom stereocenters. The number of aliphatic hydroxyl groups excluding tert-OH is 1. The number of amidine groups is 1. The molecule has 2 aromatic rings. The maximum atomic E-state index is 12.8. The molecule has 2 amide bonds. The van der Waals surface area contributed by atoms with Gasteiger partial charge in [0.1, 0.15) is 5.25 Å². The van der Waals surface area contributed by atoms with Gasteiger partial charge in [-0.1, -0.05) is 41.6 Å². The molecule has 0 radical (unpaired) electrons. The van der Waals surface area contributed by atoms with Crippen molar-refractivity contribution in [2.75, 3.05) is 11.9 Å². The smallest absolute Gasteiger partial charge is 0.242 e. The Morgan fingerprint density at radius 1 is 1.25 bits per heavy atom. The number of benzene rings is 2. The fourth-order valence-electron chi connectivity index (χ4n) is 2.68. The molecular formula is C20H20ClN3O3S. The first-order valence-corrected chi connectivity index (χ1v) is 10.0. The Hall–Kier alpha value is -2.35. The molecule has 0 aliphatic carbocycles. The average molecular weight is 418 g/mol. The second-order valence-corrected chi connectivity index (χ2v) is 8.00. The van der Waals surface area contributed by atoms with E-state index in [9.17, 15) is 14.7 Å². The van der Waals surface area contributed by atoms with Crippen molar-refractivity contribution in [1.29, 1.82) is 0 Å². The summed E-state index contributed by atoms with van der Waals surface area (Å²) in [4.78, 5) is 31.1. The third-order valence-electron chi connectivity index (χ3n) is 3.95. The number of carbonyl (C=O) groups excluding carboxylic acids is 2. The molecule has 1 aliphatic rings. The lowest BCUT2D eigenvalue weighted by atomic mass is 10.2. The zero-order chi connectivity index (χ0) is 20.1. The summed E-state index contributed by atoms with van der Waals surface area (Å²) < 4.78 is 0. The van der Waals surface area contributed by atoms with Gasteiger partial charge in [0, 0.05) is 17.1 Å². The molecule has 2 aromatic carbocycles. The number of nitrogens with one attached hydrogen (secondary N) is 1. The minimum atomic E-state index is -0.702. The summed E-state index contributed by atoms with van der Waals surface area (Å²) in [5.41, 5.74) is 1.32. The van der Waals surface area contributed by atoms with Gasteiger partial charge in [0.05, 0.1) is 18.3 Å². The van der Waals surface area contributed by atoms with Crippen molar-refractivity contribution in [2.45, 2.75) is 24.7 Å². The Kier molecular flexibility index (Phi) is 6.72. The van der Waals surface area contributed by atoms with Crippen molar-refractivity contribution in [1.82, 2.24) is 4.90 Å². The van der Waals surface area contributed by atoms with Crippen LogP contribution in [0.5, 0.6) is 0 Å². The highest BCUT2D eigenvalue weighted by Crippen LogP contribution is 2.32. The summed E-state index contributed by atoms with van der Waals surface area (Å²) in [6.45, 7) is 1.74. The lowest BCUT2D eigenvalue weighted by Gasteiger charge is -2.18. The van der Waals surface area contributed by atoms with Gasteiger partial charge in [0.25, 0.3) is 0 Å². The summed E-state index contributed by atoms with van der Waals surface area (Å²) >= 11 is 7.08. The van der Waals surface area contributed by atoms with E-state index in [4.69, 9.17) is 11.6 Å². The van der Waals surface area contributed by atoms with Gasteiger partial charge in [-0.15, -0.1) is 0 Å². The zero-order valence-electron chi connectivity index (χ0n) is 15.2. The number of thioether (sulfide) groups is 1. The maximum Gasteiger partial charge on any atom is 0.242 e. The molecule has 1 aliphatic heterocycles. The molecule has 1 saturated heterocycles. The minimum absolute atomic E-state index is 0.0102. The summed E-state index contributed by atoms with van der Waals surface area (Å²) in [6, 6.07) is 16.0. The first kappa shape index (κ1) is 20.4. The quantitative estimate of drug-likeness (QED) is 0.751.